The first kappa shape index (κ1) is 19.1. The van der Waals surface area contributed by atoms with Gasteiger partial charge in [-0.15, -0.1) is 11.3 Å². The summed E-state index contributed by atoms with van der Waals surface area (Å²) in [6, 6.07) is 9.87. The van der Waals surface area contributed by atoms with Crippen molar-refractivity contribution in [1.29, 1.82) is 0 Å². The zero-order valence-corrected chi connectivity index (χ0v) is 17.0. The summed E-state index contributed by atoms with van der Waals surface area (Å²) in [5, 5.41) is 8.19. The van der Waals surface area contributed by atoms with Crippen molar-refractivity contribution in [2.24, 2.45) is 5.92 Å². The zero-order valence-electron chi connectivity index (χ0n) is 16.1. The molecular formula is C21H27N3O3S. The van der Waals surface area contributed by atoms with E-state index in [2.05, 4.69) is 33.0 Å². The van der Waals surface area contributed by atoms with Crippen molar-refractivity contribution in [2.45, 2.75) is 32.4 Å². The van der Waals surface area contributed by atoms with Gasteiger partial charge in [0.1, 0.15) is 0 Å². The van der Waals surface area contributed by atoms with Crippen molar-refractivity contribution in [1.82, 2.24) is 15.5 Å². The fraction of sp³-hybridized carbons (Fsp3) is 0.476. The Bertz CT molecular complexity index is 788. The molecule has 2 amide bonds. The van der Waals surface area contributed by atoms with Gasteiger partial charge in [0.05, 0.1) is 6.04 Å². The Morgan fingerprint density at radius 2 is 2.07 bits per heavy atom. The molecule has 7 heteroatoms. The van der Waals surface area contributed by atoms with Crippen LogP contribution in [0.25, 0.3) is 0 Å². The minimum Gasteiger partial charge on any atom is -0.454 e. The SMILES string of the molecule is CC(NC(=O)NCC1CCN(Cc2cccs2)CC1)c1ccc2c(c1)OCO2. The van der Waals surface area contributed by atoms with Crippen molar-refractivity contribution < 1.29 is 14.3 Å². The number of nitrogens with zero attached hydrogens (tertiary/aromatic N) is 1. The Morgan fingerprint density at radius 3 is 2.86 bits per heavy atom. The Balaban J connectivity index is 1.17. The molecule has 2 aromatic rings. The molecule has 2 N–H and O–H groups in total. The van der Waals surface area contributed by atoms with Gasteiger partial charge in [-0.05, 0) is 67.9 Å². The number of hydrogen-bond donors (Lipinski definition) is 2. The highest BCUT2D eigenvalue weighted by Gasteiger charge is 2.21. The third-order valence-corrected chi connectivity index (χ3v) is 6.32. The lowest BCUT2D eigenvalue weighted by molar-refractivity contribution is 0.174. The third-order valence-electron chi connectivity index (χ3n) is 5.46. The van der Waals surface area contributed by atoms with Gasteiger partial charge in [-0.25, -0.2) is 4.79 Å². The van der Waals surface area contributed by atoms with E-state index in [1.807, 2.05) is 36.5 Å². The van der Waals surface area contributed by atoms with Gasteiger partial charge in [0, 0.05) is 18.0 Å². The van der Waals surface area contributed by atoms with Gasteiger partial charge in [0.15, 0.2) is 11.5 Å². The molecule has 1 fully saturated rings. The molecule has 4 rings (SSSR count). The molecule has 1 atom stereocenters. The number of nitrogens with one attached hydrogen (secondary N) is 2. The van der Waals surface area contributed by atoms with Crippen LogP contribution >= 0.6 is 11.3 Å². The predicted molar refractivity (Wildman–Crippen MR) is 110 cm³/mol. The summed E-state index contributed by atoms with van der Waals surface area (Å²) in [7, 11) is 0. The Morgan fingerprint density at radius 1 is 1.25 bits per heavy atom. The second-order valence-corrected chi connectivity index (χ2v) is 8.52. The van der Waals surface area contributed by atoms with Crippen molar-refractivity contribution >= 4 is 17.4 Å². The fourth-order valence-electron chi connectivity index (χ4n) is 3.72. The van der Waals surface area contributed by atoms with E-state index in [0.717, 1.165) is 56.1 Å². The maximum atomic E-state index is 12.3. The normalized spacial score (nSPS) is 18.0. The highest BCUT2D eigenvalue weighted by Crippen LogP contribution is 2.34. The monoisotopic (exact) mass is 401 g/mol. The molecule has 150 valence electrons. The lowest BCUT2D eigenvalue weighted by Gasteiger charge is -2.31. The molecule has 3 heterocycles. The number of carbonyl (C=O) groups excluding carboxylic acids is 1. The van der Waals surface area contributed by atoms with E-state index in [0.29, 0.717) is 5.92 Å². The fourth-order valence-corrected chi connectivity index (χ4v) is 4.47. The van der Waals surface area contributed by atoms with Crippen LogP contribution in [-0.4, -0.2) is 37.4 Å². The molecule has 1 aromatic heterocycles. The lowest BCUT2D eigenvalue weighted by Crippen LogP contribution is -2.42. The minimum atomic E-state index is -0.119. The summed E-state index contributed by atoms with van der Waals surface area (Å²) in [6.07, 6.45) is 2.26. The van der Waals surface area contributed by atoms with E-state index < -0.39 is 0 Å². The molecule has 0 aliphatic carbocycles. The van der Waals surface area contributed by atoms with Crippen LogP contribution in [0, 0.1) is 5.92 Å². The molecule has 0 radical (unpaired) electrons. The van der Waals surface area contributed by atoms with Crippen LogP contribution in [-0.2, 0) is 6.54 Å². The Kier molecular flexibility index (Phi) is 6.02. The van der Waals surface area contributed by atoms with E-state index in [-0.39, 0.29) is 18.9 Å². The minimum absolute atomic E-state index is 0.0952. The maximum Gasteiger partial charge on any atom is 0.315 e. The summed E-state index contributed by atoms with van der Waals surface area (Å²) >= 11 is 1.82. The number of benzene rings is 1. The van der Waals surface area contributed by atoms with Crippen LogP contribution < -0.4 is 20.1 Å². The highest BCUT2D eigenvalue weighted by molar-refractivity contribution is 7.09. The van der Waals surface area contributed by atoms with Crippen LogP contribution in [0.5, 0.6) is 11.5 Å². The van der Waals surface area contributed by atoms with E-state index in [4.69, 9.17) is 9.47 Å². The number of piperidine rings is 1. The van der Waals surface area contributed by atoms with Gasteiger partial charge in [0.2, 0.25) is 6.79 Å². The average molecular weight is 402 g/mol. The number of amides is 2. The standard InChI is InChI=1S/C21H27N3O3S/c1-15(17-4-5-19-20(11-17)27-14-26-19)23-21(25)22-12-16-6-8-24(9-7-16)13-18-3-2-10-28-18/h2-5,10-11,15-16H,6-9,12-14H2,1H3,(H2,22,23,25). The third kappa shape index (κ3) is 4.77. The predicted octanol–water partition coefficient (Wildman–Crippen LogP) is 3.75. The molecule has 6 nitrogen and oxygen atoms in total. The van der Waals surface area contributed by atoms with Crippen molar-refractivity contribution in [3.8, 4) is 11.5 Å². The zero-order chi connectivity index (χ0) is 19.3. The summed E-state index contributed by atoms with van der Waals surface area (Å²) < 4.78 is 10.7. The number of rotatable bonds is 6. The van der Waals surface area contributed by atoms with Gasteiger partial charge in [-0.1, -0.05) is 12.1 Å². The molecule has 0 saturated carbocycles. The Hall–Kier alpha value is -2.25. The first-order chi connectivity index (χ1) is 13.7. The van der Waals surface area contributed by atoms with Gasteiger partial charge >= 0.3 is 6.03 Å². The van der Waals surface area contributed by atoms with Gasteiger partial charge in [-0.2, -0.15) is 0 Å². The van der Waals surface area contributed by atoms with Gasteiger partial charge < -0.3 is 20.1 Å². The van der Waals surface area contributed by atoms with Crippen molar-refractivity contribution in [3.63, 3.8) is 0 Å². The number of urea groups is 1. The molecule has 0 spiro atoms. The first-order valence-electron chi connectivity index (χ1n) is 9.86. The van der Waals surface area contributed by atoms with Gasteiger partial charge in [0.25, 0.3) is 0 Å². The van der Waals surface area contributed by atoms with E-state index in [1.165, 1.54) is 4.88 Å². The molecular weight excluding hydrogens is 374 g/mol. The van der Waals surface area contributed by atoms with Crippen LogP contribution in [0.4, 0.5) is 4.79 Å². The van der Waals surface area contributed by atoms with E-state index in [1.54, 1.807) is 0 Å². The van der Waals surface area contributed by atoms with Crippen LogP contribution in [0.3, 0.4) is 0 Å². The molecule has 28 heavy (non-hydrogen) atoms. The second kappa shape index (κ2) is 8.84. The number of thiophene rings is 1. The Labute approximate surface area is 169 Å². The molecule has 0 bridgehead atoms. The topological polar surface area (TPSA) is 62.8 Å². The number of ether oxygens (including phenoxy) is 2. The molecule has 1 saturated heterocycles. The summed E-state index contributed by atoms with van der Waals surface area (Å²) in [5.74, 6) is 2.04. The molecule has 2 aliphatic heterocycles. The largest absolute Gasteiger partial charge is 0.454 e. The first-order valence-corrected chi connectivity index (χ1v) is 10.7. The number of hydrogen-bond acceptors (Lipinski definition) is 5. The smallest absolute Gasteiger partial charge is 0.315 e. The number of likely N-dealkylation sites (tertiary alicyclic amines) is 1. The van der Waals surface area contributed by atoms with E-state index in [9.17, 15) is 4.79 Å². The van der Waals surface area contributed by atoms with Crippen LogP contribution in [0.2, 0.25) is 0 Å². The summed E-state index contributed by atoms with van der Waals surface area (Å²) in [5.41, 5.74) is 1.00. The van der Waals surface area contributed by atoms with Gasteiger partial charge in [-0.3, -0.25) is 4.90 Å². The number of carbonyl (C=O) groups is 1. The average Bonchev–Trinajstić information content (AvgIpc) is 3.38. The molecule has 2 aliphatic rings. The van der Waals surface area contributed by atoms with Crippen LogP contribution in [0.15, 0.2) is 35.7 Å². The van der Waals surface area contributed by atoms with Crippen molar-refractivity contribution in [3.05, 3.63) is 46.2 Å². The molecule has 1 aromatic carbocycles. The highest BCUT2D eigenvalue weighted by atomic mass is 32.1. The lowest BCUT2D eigenvalue weighted by atomic mass is 9.97. The van der Waals surface area contributed by atoms with Crippen LogP contribution in [0.1, 0.15) is 36.2 Å². The number of fused-ring (bicyclic) bond motifs is 1. The molecule has 1 unspecified atom stereocenters. The van der Waals surface area contributed by atoms with E-state index >= 15 is 0 Å². The second-order valence-electron chi connectivity index (χ2n) is 7.49. The quantitative estimate of drug-likeness (QED) is 0.774. The summed E-state index contributed by atoms with van der Waals surface area (Å²) in [6.45, 7) is 6.20. The summed E-state index contributed by atoms with van der Waals surface area (Å²) in [4.78, 5) is 16.2. The maximum absolute atomic E-state index is 12.3. The van der Waals surface area contributed by atoms with Crippen molar-refractivity contribution in [2.75, 3.05) is 26.4 Å².